The van der Waals surface area contributed by atoms with Crippen LogP contribution in [0.4, 0.5) is 0 Å². The lowest BCUT2D eigenvalue weighted by Gasteiger charge is -2.31. The lowest BCUT2D eigenvalue weighted by Crippen LogP contribution is -2.38. The van der Waals surface area contributed by atoms with Gasteiger partial charge in [0.2, 0.25) is 0 Å². The molecule has 33 heavy (non-hydrogen) atoms. The van der Waals surface area contributed by atoms with Crippen LogP contribution < -0.4 is 0 Å². The minimum absolute atomic E-state index is 0.276. The maximum Gasteiger partial charge on any atom is 0.0991 e. The first-order valence-corrected chi connectivity index (χ1v) is 12.7. The zero-order valence-corrected chi connectivity index (χ0v) is 20.5. The van der Waals surface area contributed by atoms with Gasteiger partial charge in [-0.2, -0.15) is 15.8 Å². The molecule has 6 heteroatoms. The van der Waals surface area contributed by atoms with Gasteiger partial charge < -0.3 is 4.90 Å². The smallest absolute Gasteiger partial charge is 0.0991 e. The van der Waals surface area contributed by atoms with Crippen molar-refractivity contribution in [1.82, 2.24) is 9.80 Å². The van der Waals surface area contributed by atoms with Crippen LogP contribution in [-0.2, 0) is 12.0 Å². The predicted molar refractivity (Wildman–Crippen MR) is 132 cm³/mol. The van der Waals surface area contributed by atoms with E-state index in [9.17, 15) is 10.5 Å². The van der Waals surface area contributed by atoms with Crippen molar-refractivity contribution in [1.29, 1.82) is 15.8 Å². The molecule has 2 heterocycles. The van der Waals surface area contributed by atoms with Crippen molar-refractivity contribution < 1.29 is 0 Å². The Morgan fingerprint density at radius 2 is 2.06 bits per heavy atom. The van der Waals surface area contributed by atoms with Crippen LogP contribution in [0.3, 0.4) is 0 Å². The molecular weight excluding hydrogens is 426 g/mol. The summed E-state index contributed by atoms with van der Waals surface area (Å²) >= 11 is 1.69. The highest BCUT2D eigenvalue weighted by atomic mass is 32.1. The van der Waals surface area contributed by atoms with Crippen LogP contribution in [0, 0.1) is 39.9 Å². The van der Waals surface area contributed by atoms with Gasteiger partial charge in [0, 0.05) is 37.0 Å². The molecule has 1 aromatic heterocycles. The Labute approximate surface area is 202 Å². The van der Waals surface area contributed by atoms with Crippen molar-refractivity contribution in [2.75, 3.05) is 26.2 Å². The van der Waals surface area contributed by atoms with Gasteiger partial charge in [-0.05, 0) is 67.4 Å². The van der Waals surface area contributed by atoms with E-state index in [2.05, 4.69) is 59.4 Å². The summed E-state index contributed by atoms with van der Waals surface area (Å²) in [5.74, 6) is 0.276. The van der Waals surface area contributed by atoms with E-state index in [0.717, 1.165) is 57.5 Å². The third kappa shape index (κ3) is 6.21. The summed E-state index contributed by atoms with van der Waals surface area (Å²) in [5, 5.41) is 30.5. The Bertz CT molecular complexity index is 1010. The van der Waals surface area contributed by atoms with Crippen LogP contribution in [0.15, 0.2) is 41.8 Å². The second kappa shape index (κ2) is 12.0. The fourth-order valence-electron chi connectivity index (χ4n) is 4.92. The molecule has 1 aliphatic rings. The van der Waals surface area contributed by atoms with Crippen LogP contribution in [0.5, 0.6) is 0 Å². The van der Waals surface area contributed by atoms with Gasteiger partial charge in [0.15, 0.2) is 0 Å². The largest absolute Gasteiger partial charge is 0.302 e. The minimum Gasteiger partial charge on any atom is -0.302 e. The molecule has 1 saturated heterocycles. The van der Waals surface area contributed by atoms with Gasteiger partial charge in [-0.15, -0.1) is 11.3 Å². The molecular formula is C27H33N5S. The van der Waals surface area contributed by atoms with Crippen LogP contribution in [-0.4, -0.2) is 42.0 Å². The van der Waals surface area contributed by atoms with Crippen LogP contribution in [0.2, 0.25) is 0 Å². The summed E-state index contributed by atoms with van der Waals surface area (Å²) in [7, 11) is 0. The van der Waals surface area contributed by atoms with E-state index in [-0.39, 0.29) is 5.92 Å². The van der Waals surface area contributed by atoms with Gasteiger partial charge in [0.25, 0.3) is 0 Å². The van der Waals surface area contributed by atoms with Gasteiger partial charge in [-0.25, -0.2) is 0 Å². The third-order valence-electron chi connectivity index (χ3n) is 6.91. The molecule has 0 saturated carbocycles. The molecule has 5 nitrogen and oxygen atoms in total. The molecule has 0 N–H and O–H groups in total. The average Bonchev–Trinajstić information content (AvgIpc) is 3.52. The van der Waals surface area contributed by atoms with E-state index in [1.165, 1.54) is 4.88 Å². The molecule has 2 aromatic rings. The number of nitrogens with zero attached hydrogens (tertiary/aromatic N) is 5. The highest BCUT2D eigenvalue weighted by Crippen LogP contribution is 2.39. The fourth-order valence-corrected chi connectivity index (χ4v) is 5.98. The van der Waals surface area contributed by atoms with E-state index in [1.807, 2.05) is 24.3 Å². The van der Waals surface area contributed by atoms with E-state index in [0.29, 0.717) is 18.0 Å². The summed E-state index contributed by atoms with van der Waals surface area (Å²) in [4.78, 5) is 6.09. The monoisotopic (exact) mass is 459 g/mol. The molecule has 0 spiro atoms. The van der Waals surface area contributed by atoms with Gasteiger partial charge in [-0.3, -0.25) is 4.90 Å². The van der Waals surface area contributed by atoms with Crippen molar-refractivity contribution in [3.8, 4) is 18.2 Å². The molecule has 1 fully saturated rings. The Balaban J connectivity index is 1.58. The Morgan fingerprint density at radius 1 is 1.21 bits per heavy atom. The Kier molecular flexibility index (Phi) is 9.04. The van der Waals surface area contributed by atoms with Gasteiger partial charge in [-0.1, -0.05) is 32.0 Å². The molecule has 172 valence electrons. The predicted octanol–water partition coefficient (Wildman–Crippen LogP) is 5.31. The van der Waals surface area contributed by atoms with E-state index in [1.54, 1.807) is 11.3 Å². The van der Waals surface area contributed by atoms with Crippen molar-refractivity contribution in [2.45, 2.75) is 57.5 Å². The summed E-state index contributed by atoms with van der Waals surface area (Å²) < 4.78 is 0. The third-order valence-corrected chi connectivity index (χ3v) is 7.96. The lowest BCUT2D eigenvalue weighted by atomic mass is 9.73. The minimum atomic E-state index is -0.405. The molecule has 1 aliphatic heterocycles. The number of hydrogen-bond donors (Lipinski definition) is 0. The van der Waals surface area contributed by atoms with Crippen LogP contribution in [0.25, 0.3) is 0 Å². The Morgan fingerprint density at radius 3 is 2.73 bits per heavy atom. The summed E-state index contributed by atoms with van der Waals surface area (Å²) in [5.41, 5.74) is 1.40. The van der Waals surface area contributed by atoms with E-state index in [4.69, 9.17) is 5.26 Å². The van der Waals surface area contributed by atoms with Gasteiger partial charge >= 0.3 is 0 Å². The van der Waals surface area contributed by atoms with Crippen LogP contribution >= 0.6 is 11.3 Å². The molecule has 0 amide bonds. The first-order valence-electron chi connectivity index (χ1n) is 11.8. The number of likely N-dealkylation sites (tertiary alicyclic amines) is 1. The van der Waals surface area contributed by atoms with E-state index < -0.39 is 5.41 Å². The summed E-state index contributed by atoms with van der Waals surface area (Å²) in [6.07, 6.45) is 3.47. The number of rotatable bonds is 11. The molecule has 0 aliphatic carbocycles. The molecule has 0 radical (unpaired) electrons. The van der Waals surface area contributed by atoms with E-state index >= 15 is 0 Å². The van der Waals surface area contributed by atoms with Crippen molar-refractivity contribution >= 4 is 11.3 Å². The highest BCUT2D eigenvalue weighted by molar-refractivity contribution is 7.10. The Hall–Kier alpha value is -2.69. The summed E-state index contributed by atoms with van der Waals surface area (Å²) in [6.45, 7) is 8.85. The van der Waals surface area contributed by atoms with Crippen molar-refractivity contribution in [3.05, 3.63) is 57.8 Å². The number of hydrogen-bond acceptors (Lipinski definition) is 6. The second-order valence-corrected chi connectivity index (χ2v) is 10.2. The topological polar surface area (TPSA) is 77.8 Å². The number of benzene rings is 1. The number of thiophene rings is 1. The first-order chi connectivity index (χ1) is 16.0. The van der Waals surface area contributed by atoms with Crippen molar-refractivity contribution in [3.63, 3.8) is 0 Å². The molecule has 2 atom stereocenters. The van der Waals surface area contributed by atoms with Crippen LogP contribution in [0.1, 0.15) is 55.5 Å². The zero-order valence-electron chi connectivity index (χ0n) is 19.7. The molecule has 1 unspecified atom stereocenters. The first kappa shape index (κ1) is 24.9. The number of nitriles is 3. The molecule has 3 rings (SSSR count). The maximum atomic E-state index is 10.1. The SMILES string of the molecule is CC(C)C(C#N)(CCCN1CC[C@H](N(CCC#N)Cc2cccc(C#N)c2)C1)c1cccs1. The van der Waals surface area contributed by atoms with Gasteiger partial charge in [0.1, 0.15) is 0 Å². The molecule has 0 bridgehead atoms. The zero-order chi connectivity index (χ0) is 23.7. The normalized spacial score (nSPS) is 18.0. The lowest BCUT2D eigenvalue weighted by molar-refractivity contribution is 0.186. The van der Waals surface area contributed by atoms with Crippen molar-refractivity contribution in [2.24, 2.45) is 5.92 Å². The maximum absolute atomic E-state index is 10.1. The average molecular weight is 460 g/mol. The second-order valence-electron chi connectivity index (χ2n) is 9.25. The van der Waals surface area contributed by atoms with Gasteiger partial charge in [0.05, 0.1) is 29.2 Å². The quantitative estimate of drug-likeness (QED) is 0.455. The molecule has 1 aromatic carbocycles. The highest BCUT2D eigenvalue weighted by Gasteiger charge is 2.37. The standard InChI is InChI=1S/C27H33N5S/c1-22(2)27(21-30,26-9-4-16-33-26)11-5-13-31-15-10-25(20-31)32(14-6-12-28)19-24-8-3-7-23(17-24)18-29/h3-4,7-9,16-17,22,25H,5-6,10-11,13-15,19-20H2,1-2H3/t25-,27?/m0/s1. The fraction of sp³-hybridized carbons (Fsp3) is 0.519. The summed E-state index contributed by atoms with van der Waals surface area (Å²) in [6, 6.07) is 19.5.